The number of nitrogens with two attached hydrogens (primary N) is 1. The van der Waals surface area contributed by atoms with Gasteiger partial charge in [-0.15, -0.1) is 0 Å². The van der Waals surface area contributed by atoms with Gasteiger partial charge in [0, 0.05) is 44.6 Å². The molecule has 2 unspecified atom stereocenters. The summed E-state index contributed by atoms with van der Waals surface area (Å²) >= 11 is 0. The van der Waals surface area contributed by atoms with Gasteiger partial charge in [-0.05, 0) is 66.5 Å². The average Bonchev–Trinajstić information content (AvgIpc) is 3.03. The maximum atomic E-state index is 15.1. The van der Waals surface area contributed by atoms with Crippen molar-refractivity contribution in [3.05, 3.63) is 70.8 Å². The zero-order valence-corrected chi connectivity index (χ0v) is 24.3. The first-order chi connectivity index (χ1) is 19.0. The number of Topliss-reactive ketones (excluding diaryl/α,β-unsaturated/α-hetero) is 1. The van der Waals surface area contributed by atoms with Crippen LogP contribution in [0.4, 0.5) is 8.78 Å². The van der Waals surface area contributed by atoms with Gasteiger partial charge < -0.3 is 15.8 Å². The summed E-state index contributed by atoms with van der Waals surface area (Å²) < 4.78 is 61.8. The molecule has 2 aromatic carbocycles. The van der Waals surface area contributed by atoms with Crippen molar-refractivity contribution in [1.29, 1.82) is 0 Å². The molecule has 4 rings (SSSR count). The lowest BCUT2D eigenvalue weighted by atomic mass is 9.79. The predicted molar refractivity (Wildman–Crippen MR) is 151 cm³/mol. The average molecular weight is 578 g/mol. The summed E-state index contributed by atoms with van der Waals surface area (Å²) in [6.45, 7) is 4.90. The Morgan fingerprint density at radius 1 is 1.18 bits per heavy atom. The minimum atomic E-state index is -3.36. The molecule has 0 aromatic heterocycles. The van der Waals surface area contributed by atoms with Gasteiger partial charge in [0.1, 0.15) is 11.6 Å². The van der Waals surface area contributed by atoms with Crippen molar-refractivity contribution in [2.45, 2.75) is 76.1 Å². The number of hydrogen-bond acceptors (Lipinski definition) is 6. The number of halogens is 2. The Hall–Kier alpha value is -2.24. The molecule has 2 aliphatic rings. The van der Waals surface area contributed by atoms with E-state index >= 15 is 4.39 Å². The molecular formula is C30H41F2N3O4S. The normalized spacial score (nSPS) is 24.7. The molecular weight excluding hydrogens is 536 g/mol. The molecule has 0 saturated carbocycles. The molecule has 2 saturated heterocycles. The smallest absolute Gasteiger partial charge is 0.214 e. The molecule has 0 amide bonds. The van der Waals surface area contributed by atoms with Gasteiger partial charge in [0.2, 0.25) is 10.0 Å². The minimum absolute atomic E-state index is 0.0302. The van der Waals surface area contributed by atoms with E-state index in [1.165, 1.54) is 18.2 Å². The van der Waals surface area contributed by atoms with Crippen LogP contribution in [0.15, 0.2) is 42.5 Å². The largest absolute Gasteiger partial charge is 0.380 e. The number of rotatable bonds is 11. The number of methoxy groups -OCH3 is 1. The van der Waals surface area contributed by atoms with E-state index in [0.29, 0.717) is 49.0 Å². The quantitative estimate of drug-likeness (QED) is 0.424. The number of sulfonamides is 1. The molecule has 6 atom stereocenters. The topological polar surface area (TPSA) is 102 Å². The maximum Gasteiger partial charge on any atom is 0.214 e. The fourth-order valence-corrected chi connectivity index (χ4v) is 8.04. The summed E-state index contributed by atoms with van der Waals surface area (Å²) in [6, 6.07) is 9.48. The minimum Gasteiger partial charge on any atom is -0.380 e. The molecule has 40 heavy (non-hydrogen) atoms. The van der Waals surface area contributed by atoms with Crippen molar-refractivity contribution in [2.75, 3.05) is 26.0 Å². The highest BCUT2D eigenvalue weighted by Gasteiger charge is 2.38. The van der Waals surface area contributed by atoms with Crippen LogP contribution in [0.1, 0.15) is 55.7 Å². The molecule has 2 aliphatic heterocycles. The van der Waals surface area contributed by atoms with E-state index in [1.54, 1.807) is 35.7 Å². The van der Waals surface area contributed by atoms with Crippen LogP contribution in [0.25, 0.3) is 0 Å². The first-order valence-electron chi connectivity index (χ1n) is 14.1. The second kappa shape index (κ2) is 13.2. The van der Waals surface area contributed by atoms with Crippen LogP contribution in [0.3, 0.4) is 0 Å². The number of nitrogens with zero attached hydrogens (tertiary/aromatic N) is 1. The zero-order chi connectivity index (χ0) is 29.0. The second-order valence-electron chi connectivity index (χ2n) is 11.4. The van der Waals surface area contributed by atoms with E-state index in [2.05, 4.69) is 5.32 Å². The van der Waals surface area contributed by atoms with Gasteiger partial charge in [-0.25, -0.2) is 17.2 Å². The number of carbonyl (C=O) groups excluding carboxylic acids is 1. The summed E-state index contributed by atoms with van der Waals surface area (Å²) in [7, 11) is -1.79. The summed E-state index contributed by atoms with van der Waals surface area (Å²) in [5, 5.41) is 3.44. The molecule has 2 heterocycles. The van der Waals surface area contributed by atoms with Crippen LogP contribution in [0.2, 0.25) is 0 Å². The highest BCUT2D eigenvalue weighted by atomic mass is 32.2. The SMILES string of the molecule is CO[C@H](C(C)C)[C@H](c1ccc(F)cc1)[C@H](N)C(=O)Cc1cccc(F)c1CCC1CN[C@@H]2CCCS(=O)(=O)N1C2. The van der Waals surface area contributed by atoms with Gasteiger partial charge in [-0.1, -0.05) is 38.1 Å². The van der Waals surface area contributed by atoms with Crippen molar-refractivity contribution < 1.29 is 26.7 Å². The van der Waals surface area contributed by atoms with Crippen LogP contribution in [0.5, 0.6) is 0 Å². The molecule has 3 N–H and O–H groups in total. The second-order valence-corrected chi connectivity index (χ2v) is 13.4. The number of nitrogens with one attached hydrogen (secondary N) is 1. The number of ether oxygens (including phenoxy) is 1. The van der Waals surface area contributed by atoms with Crippen LogP contribution in [-0.4, -0.2) is 68.7 Å². The van der Waals surface area contributed by atoms with Crippen LogP contribution < -0.4 is 11.1 Å². The third-order valence-electron chi connectivity index (χ3n) is 8.37. The lowest BCUT2D eigenvalue weighted by Gasteiger charge is -2.37. The fraction of sp³-hybridized carbons (Fsp3) is 0.567. The molecule has 2 aromatic rings. The fourth-order valence-electron chi connectivity index (χ4n) is 6.23. The van der Waals surface area contributed by atoms with Crippen LogP contribution >= 0.6 is 0 Å². The molecule has 0 spiro atoms. The van der Waals surface area contributed by atoms with Crippen molar-refractivity contribution in [1.82, 2.24) is 9.62 Å². The first kappa shape index (κ1) is 30.7. The third-order valence-corrected chi connectivity index (χ3v) is 10.3. The zero-order valence-electron chi connectivity index (χ0n) is 23.5. The van der Waals surface area contributed by atoms with Gasteiger partial charge in [0.05, 0.1) is 17.9 Å². The molecule has 0 radical (unpaired) electrons. The molecule has 7 nitrogen and oxygen atoms in total. The van der Waals surface area contributed by atoms with Crippen LogP contribution in [0, 0.1) is 17.6 Å². The molecule has 10 heteroatoms. The van der Waals surface area contributed by atoms with Gasteiger partial charge >= 0.3 is 0 Å². The maximum absolute atomic E-state index is 15.1. The number of hydrogen-bond donors (Lipinski definition) is 2. The lowest BCUT2D eigenvalue weighted by Crippen LogP contribution is -2.57. The van der Waals surface area contributed by atoms with Crippen molar-refractivity contribution in [3.8, 4) is 0 Å². The molecule has 2 fully saturated rings. The standard InChI is InChI=1S/C30H41F2N3O4S/c1-19(2)30(39-3)28(20-9-11-22(31)12-10-20)29(33)27(36)16-21-6-4-8-26(32)25(21)14-13-24-17-34-23-7-5-15-40(37,38)35(24)18-23/h4,6,8-12,19,23-24,28-30,34H,5,7,13-18,33H2,1-3H3/t23-,24?,28-,29-,30-/m1/s1. The van der Waals surface area contributed by atoms with Crippen LogP contribution in [-0.2, 0) is 32.4 Å². The number of carbonyl (C=O) groups is 1. The predicted octanol–water partition coefficient (Wildman–Crippen LogP) is 3.56. The van der Waals surface area contributed by atoms with E-state index in [4.69, 9.17) is 10.5 Å². The highest BCUT2D eigenvalue weighted by Crippen LogP contribution is 2.31. The van der Waals surface area contributed by atoms with Gasteiger partial charge in [0.15, 0.2) is 5.78 Å². The number of piperazine rings is 1. The van der Waals surface area contributed by atoms with E-state index < -0.39 is 33.9 Å². The molecule has 220 valence electrons. The molecule has 0 aliphatic carbocycles. The lowest BCUT2D eigenvalue weighted by molar-refractivity contribution is -0.121. The van der Waals surface area contributed by atoms with Gasteiger partial charge in [-0.2, -0.15) is 4.31 Å². The van der Waals surface area contributed by atoms with Gasteiger partial charge in [0.25, 0.3) is 0 Å². The van der Waals surface area contributed by atoms with Crippen molar-refractivity contribution >= 4 is 15.8 Å². The number of benzene rings is 2. The summed E-state index contributed by atoms with van der Waals surface area (Å²) in [5.74, 6) is -1.45. The monoisotopic (exact) mass is 577 g/mol. The molecule has 2 bridgehead atoms. The third kappa shape index (κ3) is 6.97. The van der Waals surface area contributed by atoms with E-state index in [1.807, 2.05) is 13.8 Å². The van der Waals surface area contributed by atoms with Crippen molar-refractivity contribution in [2.24, 2.45) is 11.7 Å². The first-order valence-corrected chi connectivity index (χ1v) is 15.7. The summed E-state index contributed by atoms with van der Waals surface area (Å²) in [5.41, 5.74) is 8.22. The summed E-state index contributed by atoms with van der Waals surface area (Å²) in [4.78, 5) is 13.6. The van der Waals surface area contributed by atoms with E-state index in [9.17, 15) is 17.6 Å². The Morgan fingerprint density at radius 3 is 2.58 bits per heavy atom. The van der Waals surface area contributed by atoms with Crippen molar-refractivity contribution in [3.63, 3.8) is 0 Å². The van der Waals surface area contributed by atoms with E-state index in [0.717, 1.165) is 6.42 Å². The Morgan fingerprint density at radius 2 is 1.90 bits per heavy atom. The highest BCUT2D eigenvalue weighted by molar-refractivity contribution is 7.89. The Labute approximate surface area is 236 Å². The Balaban J connectivity index is 1.53. The number of fused-ring (bicyclic) bond motifs is 2. The van der Waals surface area contributed by atoms with Gasteiger partial charge in [-0.3, -0.25) is 4.79 Å². The Bertz CT molecular complexity index is 1270. The Kier molecular flexibility index (Phi) is 10.1. The number of ketones is 1. The summed E-state index contributed by atoms with van der Waals surface area (Å²) in [6.07, 6.45) is 1.71. The van der Waals surface area contributed by atoms with E-state index in [-0.39, 0.29) is 41.8 Å².